The predicted octanol–water partition coefficient (Wildman–Crippen LogP) is 2.35. The Balaban J connectivity index is 2.12. The lowest BCUT2D eigenvalue weighted by molar-refractivity contribution is -0.144. The molecule has 116 valence electrons. The van der Waals surface area contributed by atoms with Crippen LogP contribution >= 0.6 is 0 Å². The van der Waals surface area contributed by atoms with E-state index in [1.807, 2.05) is 18.2 Å². The van der Waals surface area contributed by atoms with E-state index in [0.29, 0.717) is 24.7 Å². The second kappa shape index (κ2) is 7.41. The number of rotatable bonds is 8. The van der Waals surface area contributed by atoms with Gasteiger partial charge in [-0.1, -0.05) is 6.07 Å². The van der Waals surface area contributed by atoms with Gasteiger partial charge in [0.25, 0.3) is 0 Å². The number of benzene rings is 1. The molecule has 1 aliphatic rings. The molecule has 1 atom stereocenters. The molecule has 1 fully saturated rings. The minimum atomic E-state index is -0.682. The Morgan fingerprint density at radius 3 is 2.86 bits per heavy atom. The van der Waals surface area contributed by atoms with Crippen LogP contribution in [0.15, 0.2) is 18.2 Å². The number of hydrogen-bond donors (Lipinski definition) is 1. The Morgan fingerprint density at radius 1 is 1.48 bits per heavy atom. The zero-order valence-electron chi connectivity index (χ0n) is 12.3. The molecule has 1 aromatic rings. The average Bonchev–Trinajstić information content (AvgIpc) is 3.30. The second-order valence-corrected chi connectivity index (χ2v) is 5.24. The van der Waals surface area contributed by atoms with Crippen molar-refractivity contribution in [3.05, 3.63) is 29.3 Å². The van der Waals surface area contributed by atoms with Gasteiger partial charge in [-0.2, -0.15) is 0 Å². The molecule has 0 spiro atoms. The highest BCUT2D eigenvalue weighted by Gasteiger charge is 2.27. The molecule has 5 heteroatoms. The highest BCUT2D eigenvalue weighted by Crippen LogP contribution is 2.42. The highest BCUT2D eigenvalue weighted by molar-refractivity contribution is 5.76. The Hall–Kier alpha value is -1.62. The van der Waals surface area contributed by atoms with Crippen molar-refractivity contribution in [2.24, 2.45) is 5.73 Å². The smallest absolute Gasteiger partial charge is 0.323 e. The van der Waals surface area contributed by atoms with E-state index < -0.39 is 18.7 Å². The molecule has 1 unspecified atom stereocenters. The summed E-state index contributed by atoms with van der Waals surface area (Å²) in [6.45, 7) is 1.58. The van der Waals surface area contributed by atoms with Gasteiger partial charge in [0.15, 0.2) is 0 Å². The van der Waals surface area contributed by atoms with Gasteiger partial charge >= 0.3 is 5.97 Å². The Morgan fingerprint density at radius 2 is 2.24 bits per heavy atom. The molecule has 1 saturated carbocycles. The van der Waals surface area contributed by atoms with Crippen molar-refractivity contribution in [2.45, 2.75) is 38.1 Å². The van der Waals surface area contributed by atoms with E-state index in [-0.39, 0.29) is 6.61 Å². The molecule has 0 aromatic heterocycles. The van der Waals surface area contributed by atoms with Gasteiger partial charge in [-0.05, 0) is 55.4 Å². The molecule has 1 aliphatic carbocycles. The SMILES string of the molecule is CCOC(=O)C(N)Cc1cc(OCCF)ccc1C1CC1. The van der Waals surface area contributed by atoms with Gasteiger partial charge < -0.3 is 15.2 Å². The van der Waals surface area contributed by atoms with Crippen LogP contribution in [0, 0.1) is 0 Å². The first-order valence-electron chi connectivity index (χ1n) is 7.39. The quantitative estimate of drug-likeness (QED) is 0.748. The number of alkyl halides is 1. The van der Waals surface area contributed by atoms with Crippen LogP contribution in [-0.4, -0.2) is 31.9 Å². The van der Waals surface area contributed by atoms with Crippen LogP contribution in [-0.2, 0) is 16.0 Å². The van der Waals surface area contributed by atoms with Crippen molar-refractivity contribution in [3.63, 3.8) is 0 Å². The van der Waals surface area contributed by atoms with E-state index in [1.165, 1.54) is 5.56 Å². The van der Waals surface area contributed by atoms with Gasteiger partial charge in [0.05, 0.1) is 6.61 Å². The zero-order valence-corrected chi connectivity index (χ0v) is 12.3. The Labute approximate surface area is 124 Å². The van der Waals surface area contributed by atoms with Crippen LogP contribution in [0.2, 0.25) is 0 Å². The van der Waals surface area contributed by atoms with Crippen LogP contribution < -0.4 is 10.5 Å². The van der Waals surface area contributed by atoms with E-state index in [1.54, 1.807) is 6.92 Å². The lowest BCUT2D eigenvalue weighted by atomic mass is 9.97. The molecule has 2 rings (SSSR count). The molecule has 0 amide bonds. The third kappa shape index (κ3) is 4.43. The molecule has 2 N–H and O–H groups in total. The molecule has 0 heterocycles. The summed E-state index contributed by atoms with van der Waals surface area (Å²) in [6.07, 6.45) is 2.73. The van der Waals surface area contributed by atoms with E-state index >= 15 is 0 Å². The topological polar surface area (TPSA) is 61.5 Å². The fourth-order valence-corrected chi connectivity index (χ4v) is 2.37. The van der Waals surface area contributed by atoms with Crippen molar-refractivity contribution in [1.29, 1.82) is 0 Å². The summed E-state index contributed by atoms with van der Waals surface area (Å²) in [7, 11) is 0. The first kappa shape index (κ1) is 15.8. The fraction of sp³-hybridized carbons (Fsp3) is 0.562. The third-order valence-corrected chi connectivity index (χ3v) is 3.51. The number of carbonyl (C=O) groups excluding carboxylic acids is 1. The minimum absolute atomic E-state index is 0.0339. The number of ether oxygens (including phenoxy) is 2. The third-order valence-electron chi connectivity index (χ3n) is 3.51. The van der Waals surface area contributed by atoms with Gasteiger partial charge in [-0.3, -0.25) is 4.79 Å². The summed E-state index contributed by atoms with van der Waals surface area (Å²) in [6, 6.07) is 5.03. The number of nitrogens with two attached hydrogens (primary N) is 1. The van der Waals surface area contributed by atoms with Crippen LogP contribution in [0.4, 0.5) is 4.39 Å². The summed E-state index contributed by atoms with van der Waals surface area (Å²) in [5.74, 6) is 0.766. The van der Waals surface area contributed by atoms with Crippen molar-refractivity contribution >= 4 is 5.97 Å². The predicted molar refractivity (Wildman–Crippen MR) is 78.2 cm³/mol. The van der Waals surface area contributed by atoms with Gasteiger partial charge in [0, 0.05) is 0 Å². The first-order valence-corrected chi connectivity index (χ1v) is 7.39. The van der Waals surface area contributed by atoms with E-state index in [4.69, 9.17) is 15.2 Å². The van der Waals surface area contributed by atoms with Crippen LogP contribution in [0.3, 0.4) is 0 Å². The largest absolute Gasteiger partial charge is 0.491 e. The summed E-state index contributed by atoms with van der Waals surface area (Å²) in [4.78, 5) is 11.7. The summed E-state index contributed by atoms with van der Waals surface area (Å²) in [5, 5.41) is 0. The van der Waals surface area contributed by atoms with Crippen molar-refractivity contribution in [2.75, 3.05) is 19.9 Å². The maximum Gasteiger partial charge on any atom is 0.323 e. The number of halogens is 1. The van der Waals surface area contributed by atoms with Crippen LogP contribution in [0.5, 0.6) is 5.75 Å². The standard InChI is InChI=1S/C16H22FNO3/c1-2-20-16(19)15(18)10-12-9-13(21-8-7-17)5-6-14(12)11-3-4-11/h5-6,9,11,15H,2-4,7-8,10,18H2,1H3. The van der Waals surface area contributed by atoms with E-state index in [0.717, 1.165) is 18.4 Å². The lowest BCUT2D eigenvalue weighted by Gasteiger charge is -2.15. The molecule has 4 nitrogen and oxygen atoms in total. The fourth-order valence-electron chi connectivity index (χ4n) is 2.37. The van der Waals surface area contributed by atoms with Gasteiger partial charge in [0.2, 0.25) is 0 Å². The molecule has 1 aromatic carbocycles. The molecule has 0 saturated heterocycles. The molecule has 0 radical (unpaired) electrons. The van der Waals surface area contributed by atoms with Crippen molar-refractivity contribution in [3.8, 4) is 5.75 Å². The molecule has 0 aliphatic heterocycles. The first-order chi connectivity index (χ1) is 10.2. The normalized spacial score (nSPS) is 15.6. The summed E-state index contributed by atoms with van der Waals surface area (Å²) in [5.41, 5.74) is 8.10. The van der Waals surface area contributed by atoms with E-state index in [2.05, 4.69) is 0 Å². The summed E-state index contributed by atoms with van der Waals surface area (Å²) >= 11 is 0. The zero-order chi connectivity index (χ0) is 15.2. The highest BCUT2D eigenvalue weighted by atomic mass is 19.1. The Bertz CT molecular complexity index is 488. The average molecular weight is 295 g/mol. The Kier molecular flexibility index (Phi) is 5.56. The maximum atomic E-state index is 12.2. The number of hydrogen-bond acceptors (Lipinski definition) is 4. The van der Waals surface area contributed by atoms with Crippen molar-refractivity contribution in [1.82, 2.24) is 0 Å². The van der Waals surface area contributed by atoms with Gasteiger partial charge in [0.1, 0.15) is 25.1 Å². The minimum Gasteiger partial charge on any atom is -0.491 e. The number of carbonyl (C=O) groups is 1. The van der Waals surface area contributed by atoms with Gasteiger partial charge in [-0.25, -0.2) is 4.39 Å². The monoisotopic (exact) mass is 295 g/mol. The lowest BCUT2D eigenvalue weighted by Crippen LogP contribution is -2.34. The maximum absolute atomic E-state index is 12.2. The van der Waals surface area contributed by atoms with Crippen molar-refractivity contribution < 1.29 is 18.7 Å². The van der Waals surface area contributed by atoms with Gasteiger partial charge in [-0.15, -0.1) is 0 Å². The molecule has 21 heavy (non-hydrogen) atoms. The molecular formula is C16H22FNO3. The molecular weight excluding hydrogens is 273 g/mol. The number of esters is 1. The van der Waals surface area contributed by atoms with Crippen LogP contribution in [0.25, 0.3) is 0 Å². The second-order valence-electron chi connectivity index (χ2n) is 5.24. The van der Waals surface area contributed by atoms with E-state index in [9.17, 15) is 9.18 Å². The summed E-state index contributed by atoms with van der Waals surface area (Å²) < 4.78 is 22.4. The molecule has 0 bridgehead atoms. The van der Waals surface area contributed by atoms with Crippen LogP contribution in [0.1, 0.15) is 36.8 Å².